The van der Waals surface area contributed by atoms with Crippen molar-refractivity contribution >= 4 is 15.9 Å². The molecule has 0 aliphatic heterocycles. The van der Waals surface area contributed by atoms with Crippen LogP contribution in [0.5, 0.6) is 0 Å². The molecule has 0 spiro atoms. The van der Waals surface area contributed by atoms with Crippen molar-refractivity contribution in [3.05, 3.63) is 32.2 Å². The Bertz CT molecular complexity index is 436. The van der Waals surface area contributed by atoms with Gasteiger partial charge in [-0.05, 0) is 21.5 Å². The highest BCUT2D eigenvalue weighted by atomic mass is 79.9. The molecule has 0 atom stereocenters. The van der Waals surface area contributed by atoms with Gasteiger partial charge in [0.1, 0.15) is 0 Å². The molecule has 0 saturated carbocycles. The number of aromatic nitrogens is 1. The van der Waals surface area contributed by atoms with Gasteiger partial charge in [-0.3, -0.25) is 4.79 Å². The van der Waals surface area contributed by atoms with E-state index in [2.05, 4.69) is 20.9 Å². The van der Waals surface area contributed by atoms with E-state index in [9.17, 15) is 13.6 Å². The molecular weight excluding hydrogens is 258 g/mol. The zero-order valence-electron chi connectivity index (χ0n) is 6.85. The third kappa shape index (κ3) is 1.99. The third-order valence-electron chi connectivity index (χ3n) is 1.66. The Morgan fingerprint density at radius 3 is 2.79 bits per heavy atom. The fraction of sp³-hybridized carbons (Fsp3) is 0.250. The van der Waals surface area contributed by atoms with Crippen LogP contribution in [0.4, 0.5) is 8.78 Å². The number of pyridine rings is 1. The lowest BCUT2D eigenvalue weighted by atomic mass is 10.1. The smallest absolute Gasteiger partial charge is 0.269 e. The molecule has 0 fully saturated rings. The topological polar surface area (TPSA) is 56.6 Å². The predicted octanol–water partition coefficient (Wildman–Crippen LogP) is 2.14. The number of aromatic amines is 1. The highest BCUT2D eigenvalue weighted by molar-refractivity contribution is 9.10. The van der Waals surface area contributed by atoms with E-state index >= 15 is 0 Å². The molecule has 1 N–H and O–H groups in total. The van der Waals surface area contributed by atoms with E-state index in [0.29, 0.717) is 4.47 Å². The average molecular weight is 263 g/mol. The third-order valence-corrected chi connectivity index (χ3v) is 2.37. The first-order valence-electron chi connectivity index (χ1n) is 3.63. The summed E-state index contributed by atoms with van der Waals surface area (Å²) in [5.41, 5.74) is -1.44. The lowest BCUT2D eigenvalue weighted by molar-refractivity contribution is 0.148. The van der Waals surface area contributed by atoms with Crippen molar-refractivity contribution < 1.29 is 8.78 Å². The minimum Gasteiger partial charge on any atom is -0.328 e. The summed E-state index contributed by atoms with van der Waals surface area (Å²) in [4.78, 5) is 13.2. The van der Waals surface area contributed by atoms with Gasteiger partial charge in [0.2, 0.25) is 0 Å². The number of nitriles is 1. The molecule has 1 aromatic rings. The van der Waals surface area contributed by atoms with Gasteiger partial charge in [-0.2, -0.15) is 5.26 Å². The van der Waals surface area contributed by atoms with Gasteiger partial charge in [-0.1, -0.05) is 0 Å². The van der Waals surface area contributed by atoms with Crippen molar-refractivity contribution in [2.75, 3.05) is 0 Å². The van der Waals surface area contributed by atoms with Crippen LogP contribution in [-0.4, -0.2) is 4.98 Å². The Morgan fingerprint density at radius 2 is 2.29 bits per heavy atom. The Hall–Kier alpha value is -1.22. The molecule has 14 heavy (non-hydrogen) atoms. The van der Waals surface area contributed by atoms with E-state index in [0.717, 1.165) is 0 Å². The van der Waals surface area contributed by atoms with Gasteiger partial charge in [0.15, 0.2) is 0 Å². The second-order valence-corrected chi connectivity index (χ2v) is 3.35. The maximum Gasteiger partial charge on any atom is 0.269 e. The molecular formula is C8H5BrF2N2O. The second-order valence-electron chi connectivity index (χ2n) is 2.49. The van der Waals surface area contributed by atoms with Crippen LogP contribution in [0.15, 0.2) is 15.5 Å². The molecule has 0 unspecified atom stereocenters. The summed E-state index contributed by atoms with van der Waals surface area (Å²) in [6.45, 7) is 0. The molecule has 0 aliphatic rings. The number of hydrogen-bond acceptors (Lipinski definition) is 2. The first-order valence-corrected chi connectivity index (χ1v) is 4.42. The maximum absolute atomic E-state index is 12.4. The molecule has 1 rings (SSSR count). The van der Waals surface area contributed by atoms with Gasteiger partial charge in [-0.15, -0.1) is 0 Å². The number of nitrogens with one attached hydrogen (secondary N) is 1. The average Bonchev–Trinajstić information content (AvgIpc) is 2.11. The lowest BCUT2D eigenvalue weighted by Gasteiger charge is -2.05. The van der Waals surface area contributed by atoms with Crippen LogP contribution in [0.25, 0.3) is 0 Å². The summed E-state index contributed by atoms with van der Waals surface area (Å²) in [5, 5.41) is 8.41. The van der Waals surface area contributed by atoms with Gasteiger partial charge in [0, 0.05) is 10.7 Å². The molecule has 0 saturated heterocycles. The standard InChI is InChI=1S/C8H5BrF2N2O/c9-5-3-13-8(14)6(7(10)11)4(5)1-2-12/h3,7H,1H2,(H,13,14). The van der Waals surface area contributed by atoms with Gasteiger partial charge in [-0.25, -0.2) is 8.78 Å². The SMILES string of the molecule is N#CCc1c(Br)c[nH]c(=O)c1C(F)F. The van der Waals surface area contributed by atoms with Crippen LogP contribution >= 0.6 is 15.9 Å². The Kier molecular flexibility index (Phi) is 3.36. The van der Waals surface area contributed by atoms with Gasteiger partial charge < -0.3 is 4.98 Å². The van der Waals surface area contributed by atoms with Gasteiger partial charge >= 0.3 is 0 Å². The first-order chi connectivity index (χ1) is 6.57. The molecule has 3 nitrogen and oxygen atoms in total. The van der Waals surface area contributed by atoms with Crippen LogP contribution in [0, 0.1) is 11.3 Å². The molecule has 0 aliphatic carbocycles. The Labute approximate surface area is 86.5 Å². The van der Waals surface area contributed by atoms with E-state index < -0.39 is 17.5 Å². The number of H-pyrrole nitrogens is 1. The van der Waals surface area contributed by atoms with Crippen molar-refractivity contribution in [2.45, 2.75) is 12.8 Å². The Balaban J connectivity index is 3.43. The summed E-state index contributed by atoms with van der Waals surface area (Å²) in [7, 11) is 0. The largest absolute Gasteiger partial charge is 0.328 e. The van der Waals surface area contributed by atoms with Crippen LogP contribution in [0.1, 0.15) is 17.6 Å². The van der Waals surface area contributed by atoms with Crippen molar-refractivity contribution in [3.63, 3.8) is 0 Å². The molecule has 6 heteroatoms. The summed E-state index contributed by atoms with van der Waals surface area (Å²) in [6.07, 6.45) is -1.84. The fourth-order valence-electron chi connectivity index (χ4n) is 1.05. The highest BCUT2D eigenvalue weighted by Crippen LogP contribution is 2.24. The number of nitrogens with zero attached hydrogens (tertiary/aromatic N) is 1. The van der Waals surface area contributed by atoms with E-state index in [4.69, 9.17) is 5.26 Å². The van der Waals surface area contributed by atoms with Crippen LogP contribution < -0.4 is 5.56 Å². The lowest BCUT2D eigenvalue weighted by Crippen LogP contribution is -2.16. The molecule has 0 aromatic carbocycles. The highest BCUT2D eigenvalue weighted by Gasteiger charge is 2.19. The van der Waals surface area contributed by atoms with Crippen LogP contribution in [-0.2, 0) is 6.42 Å². The summed E-state index contributed by atoms with van der Waals surface area (Å²) in [5.74, 6) is 0. The van der Waals surface area contributed by atoms with Crippen molar-refractivity contribution in [3.8, 4) is 6.07 Å². The van der Waals surface area contributed by atoms with Gasteiger partial charge in [0.05, 0.1) is 18.1 Å². The zero-order valence-corrected chi connectivity index (χ0v) is 8.44. The van der Waals surface area contributed by atoms with E-state index in [1.165, 1.54) is 6.20 Å². The normalized spacial score (nSPS) is 10.2. The Morgan fingerprint density at radius 1 is 1.64 bits per heavy atom. The molecule has 74 valence electrons. The minimum atomic E-state index is -2.88. The van der Waals surface area contributed by atoms with Crippen molar-refractivity contribution in [1.29, 1.82) is 5.26 Å². The number of halogens is 3. The maximum atomic E-state index is 12.4. The molecule has 0 bridgehead atoms. The quantitative estimate of drug-likeness (QED) is 0.888. The van der Waals surface area contributed by atoms with E-state index in [1.54, 1.807) is 6.07 Å². The van der Waals surface area contributed by atoms with Crippen molar-refractivity contribution in [1.82, 2.24) is 4.98 Å². The first kappa shape index (κ1) is 10.9. The minimum absolute atomic E-state index is 0.0475. The second kappa shape index (κ2) is 4.33. The van der Waals surface area contributed by atoms with E-state index in [-0.39, 0.29) is 12.0 Å². The van der Waals surface area contributed by atoms with Crippen molar-refractivity contribution in [2.24, 2.45) is 0 Å². The number of rotatable bonds is 2. The summed E-state index contributed by atoms with van der Waals surface area (Å²) < 4.78 is 25.2. The predicted molar refractivity (Wildman–Crippen MR) is 49.0 cm³/mol. The number of hydrogen-bond donors (Lipinski definition) is 1. The fourth-order valence-corrected chi connectivity index (χ4v) is 1.52. The number of alkyl halides is 2. The van der Waals surface area contributed by atoms with E-state index in [1.807, 2.05) is 0 Å². The summed E-state index contributed by atoms with van der Waals surface area (Å²) in [6, 6.07) is 1.73. The summed E-state index contributed by atoms with van der Waals surface area (Å²) >= 11 is 3.00. The van der Waals surface area contributed by atoms with Gasteiger partial charge in [0.25, 0.3) is 12.0 Å². The monoisotopic (exact) mass is 262 g/mol. The molecule has 0 amide bonds. The van der Waals surface area contributed by atoms with Crippen LogP contribution in [0.2, 0.25) is 0 Å². The molecule has 1 heterocycles. The zero-order chi connectivity index (χ0) is 10.7. The van der Waals surface area contributed by atoms with Crippen LogP contribution in [0.3, 0.4) is 0 Å². The molecule has 0 radical (unpaired) electrons. The molecule has 1 aromatic heterocycles.